The van der Waals surface area contributed by atoms with Crippen molar-refractivity contribution in [3.05, 3.63) is 214 Å². The standard InChI is InChI=1S/C53H54N2O2/c1-51(2,3)43-31-27-37(28-32-43)35-53(36-38-29-33-44(34-30-38)52(4,5)6,49-54-45(39-19-11-7-12-20-39)47(56-49)41-23-15-9-16-24-41)50-55-46(40-21-13-8-14-22-40)48(57-50)42-25-17-10-18-26-42/h7-34,45-48H,35-36H2,1-6H3/t45-,46-,47+,48+/m0/s1. The number of nitrogens with zero attached hydrogens (tertiary/aromatic N) is 2. The van der Waals surface area contributed by atoms with Crippen molar-refractivity contribution < 1.29 is 9.47 Å². The first-order chi connectivity index (χ1) is 27.5. The van der Waals surface area contributed by atoms with Crippen LogP contribution in [0.2, 0.25) is 0 Å². The Morgan fingerprint density at radius 3 is 0.982 bits per heavy atom. The summed E-state index contributed by atoms with van der Waals surface area (Å²) in [5.74, 6) is 1.31. The second-order valence-corrected chi connectivity index (χ2v) is 17.8. The maximum Gasteiger partial charge on any atom is 0.201 e. The molecule has 57 heavy (non-hydrogen) atoms. The Bertz CT molecular complexity index is 2130. The van der Waals surface area contributed by atoms with Crippen molar-refractivity contribution in [3.63, 3.8) is 0 Å². The van der Waals surface area contributed by atoms with Crippen LogP contribution in [0.25, 0.3) is 0 Å². The molecule has 0 aliphatic carbocycles. The van der Waals surface area contributed by atoms with Crippen LogP contribution in [0.15, 0.2) is 180 Å². The van der Waals surface area contributed by atoms with Crippen molar-refractivity contribution in [1.29, 1.82) is 0 Å². The Morgan fingerprint density at radius 2 is 0.684 bits per heavy atom. The van der Waals surface area contributed by atoms with Gasteiger partial charge in [-0.2, -0.15) is 0 Å². The molecule has 0 saturated carbocycles. The zero-order valence-electron chi connectivity index (χ0n) is 34.1. The molecule has 2 heterocycles. The average Bonchev–Trinajstić information content (AvgIpc) is 3.89. The van der Waals surface area contributed by atoms with Gasteiger partial charge in [0, 0.05) is 0 Å². The number of rotatable bonds is 10. The molecule has 6 aromatic rings. The van der Waals surface area contributed by atoms with Gasteiger partial charge in [0.2, 0.25) is 11.8 Å². The normalized spacial score (nSPS) is 19.7. The van der Waals surface area contributed by atoms with E-state index in [0.29, 0.717) is 24.6 Å². The molecule has 0 spiro atoms. The summed E-state index contributed by atoms with van der Waals surface area (Å²) in [5, 5.41) is 0. The quantitative estimate of drug-likeness (QED) is 0.140. The van der Waals surface area contributed by atoms with Gasteiger partial charge in [-0.1, -0.05) is 211 Å². The zero-order valence-corrected chi connectivity index (χ0v) is 34.1. The van der Waals surface area contributed by atoms with E-state index >= 15 is 0 Å². The van der Waals surface area contributed by atoms with Crippen LogP contribution >= 0.6 is 0 Å². The lowest BCUT2D eigenvalue weighted by atomic mass is 9.74. The molecule has 0 unspecified atom stereocenters. The van der Waals surface area contributed by atoms with E-state index in [2.05, 4.69) is 211 Å². The minimum absolute atomic E-state index is 0.0271. The number of hydrogen-bond acceptors (Lipinski definition) is 4. The summed E-state index contributed by atoms with van der Waals surface area (Å²) in [6.07, 6.45) is 0.516. The monoisotopic (exact) mass is 750 g/mol. The molecule has 0 aromatic heterocycles. The Balaban J connectivity index is 1.35. The molecular formula is C53H54N2O2. The van der Waals surface area contributed by atoms with Crippen molar-refractivity contribution in [2.75, 3.05) is 0 Å². The molecule has 8 rings (SSSR count). The number of ether oxygens (including phenoxy) is 2. The van der Waals surface area contributed by atoms with Crippen LogP contribution in [0.3, 0.4) is 0 Å². The summed E-state index contributed by atoms with van der Waals surface area (Å²) in [6.45, 7) is 13.6. The molecular weight excluding hydrogens is 697 g/mol. The third-order valence-electron chi connectivity index (χ3n) is 11.6. The van der Waals surface area contributed by atoms with E-state index in [0.717, 1.165) is 22.3 Å². The minimum Gasteiger partial charge on any atom is -0.469 e. The molecule has 0 radical (unpaired) electrons. The molecule has 0 fully saturated rings. The summed E-state index contributed by atoms with van der Waals surface area (Å²) >= 11 is 0. The smallest absolute Gasteiger partial charge is 0.201 e. The first-order valence-electron chi connectivity index (χ1n) is 20.4. The fourth-order valence-corrected chi connectivity index (χ4v) is 8.27. The van der Waals surface area contributed by atoms with Crippen molar-refractivity contribution in [1.82, 2.24) is 0 Å². The van der Waals surface area contributed by atoms with Gasteiger partial charge >= 0.3 is 0 Å². The Hall–Kier alpha value is -5.74. The Labute approximate surface area is 339 Å². The summed E-state index contributed by atoms with van der Waals surface area (Å²) in [4.78, 5) is 11.3. The lowest BCUT2D eigenvalue weighted by Crippen LogP contribution is -2.44. The SMILES string of the molecule is CC(C)(C)c1ccc(CC(Cc2ccc(C(C)(C)C)cc2)(C2=N[C@@H](c3ccccc3)[C@@H](c3ccccc3)O2)C2=N[C@@H](c3ccccc3)[C@@H](c3ccccc3)O2)cc1. The van der Waals surface area contributed by atoms with Gasteiger partial charge in [0.1, 0.15) is 17.5 Å². The molecule has 2 aliphatic rings. The van der Waals surface area contributed by atoms with Gasteiger partial charge in [-0.05, 0) is 68.2 Å². The van der Waals surface area contributed by atoms with Crippen molar-refractivity contribution in [3.8, 4) is 0 Å². The maximum atomic E-state index is 7.36. The second kappa shape index (κ2) is 15.7. The zero-order chi connectivity index (χ0) is 39.6. The predicted molar refractivity (Wildman–Crippen MR) is 234 cm³/mol. The van der Waals surface area contributed by atoms with E-state index in [1.54, 1.807) is 0 Å². The van der Waals surface area contributed by atoms with E-state index < -0.39 is 5.41 Å². The van der Waals surface area contributed by atoms with Gasteiger partial charge < -0.3 is 9.47 Å². The predicted octanol–water partition coefficient (Wildman–Crippen LogP) is 12.9. The van der Waals surface area contributed by atoms with E-state index in [1.165, 1.54) is 22.3 Å². The topological polar surface area (TPSA) is 43.2 Å². The van der Waals surface area contributed by atoms with E-state index in [4.69, 9.17) is 19.5 Å². The van der Waals surface area contributed by atoms with Crippen LogP contribution in [-0.4, -0.2) is 11.8 Å². The fourth-order valence-electron chi connectivity index (χ4n) is 8.27. The minimum atomic E-state index is -0.889. The second-order valence-electron chi connectivity index (χ2n) is 17.8. The van der Waals surface area contributed by atoms with Crippen LogP contribution in [0.5, 0.6) is 0 Å². The summed E-state index contributed by atoms with van der Waals surface area (Å²) in [7, 11) is 0. The highest BCUT2D eigenvalue weighted by Crippen LogP contribution is 2.50. The molecule has 6 aromatic carbocycles. The van der Waals surface area contributed by atoms with E-state index in [9.17, 15) is 0 Å². The van der Waals surface area contributed by atoms with E-state index in [-0.39, 0.29) is 35.1 Å². The summed E-state index contributed by atoms with van der Waals surface area (Å²) in [6, 6.07) is 59.8. The number of hydrogen-bond donors (Lipinski definition) is 0. The molecule has 0 saturated heterocycles. The fraction of sp³-hybridized carbons (Fsp3) is 0.283. The van der Waals surface area contributed by atoms with Gasteiger partial charge in [-0.3, -0.25) is 0 Å². The lowest BCUT2D eigenvalue weighted by Gasteiger charge is -2.34. The van der Waals surface area contributed by atoms with Crippen LogP contribution in [0, 0.1) is 5.41 Å². The molecule has 288 valence electrons. The van der Waals surface area contributed by atoms with Gasteiger partial charge in [0.25, 0.3) is 0 Å². The average molecular weight is 751 g/mol. The number of benzene rings is 6. The molecule has 4 atom stereocenters. The molecule has 4 heteroatoms. The molecule has 0 N–H and O–H groups in total. The summed E-state index contributed by atoms with van der Waals surface area (Å²) < 4.78 is 14.7. The van der Waals surface area contributed by atoms with Crippen LogP contribution in [0.1, 0.15) is 110 Å². The highest BCUT2D eigenvalue weighted by molar-refractivity contribution is 6.07. The van der Waals surface area contributed by atoms with Gasteiger partial charge in [-0.25, -0.2) is 9.98 Å². The van der Waals surface area contributed by atoms with E-state index in [1.807, 2.05) is 0 Å². The van der Waals surface area contributed by atoms with Gasteiger partial charge in [-0.15, -0.1) is 0 Å². The maximum absolute atomic E-state index is 7.36. The molecule has 0 amide bonds. The third kappa shape index (κ3) is 8.09. The molecule has 2 aliphatic heterocycles. The highest BCUT2D eigenvalue weighted by Gasteiger charge is 2.53. The Kier molecular flexibility index (Phi) is 10.5. The van der Waals surface area contributed by atoms with Crippen LogP contribution in [-0.2, 0) is 33.1 Å². The number of aliphatic imine (C=N–C) groups is 2. The first-order valence-corrected chi connectivity index (χ1v) is 20.4. The Morgan fingerprint density at radius 1 is 0.386 bits per heavy atom. The van der Waals surface area contributed by atoms with Crippen molar-refractivity contribution in [2.24, 2.45) is 15.4 Å². The van der Waals surface area contributed by atoms with Crippen LogP contribution in [0.4, 0.5) is 0 Å². The molecule has 4 nitrogen and oxygen atoms in total. The van der Waals surface area contributed by atoms with Crippen LogP contribution < -0.4 is 0 Å². The van der Waals surface area contributed by atoms with Crippen molar-refractivity contribution in [2.45, 2.75) is 89.5 Å². The summed E-state index contributed by atoms with van der Waals surface area (Å²) in [5.41, 5.74) is 8.48. The molecule has 0 bridgehead atoms. The van der Waals surface area contributed by atoms with Gasteiger partial charge in [0.05, 0.1) is 0 Å². The largest absolute Gasteiger partial charge is 0.469 e. The third-order valence-corrected chi connectivity index (χ3v) is 11.6. The lowest BCUT2D eigenvalue weighted by molar-refractivity contribution is 0.154. The highest BCUT2D eigenvalue weighted by atomic mass is 16.5. The van der Waals surface area contributed by atoms with Gasteiger partial charge in [0.15, 0.2) is 12.2 Å². The van der Waals surface area contributed by atoms with Crippen molar-refractivity contribution >= 4 is 11.8 Å². The first kappa shape index (κ1) is 38.1.